The van der Waals surface area contributed by atoms with Gasteiger partial charge in [-0.3, -0.25) is 14.3 Å². The molecule has 0 saturated heterocycles. The fraction of sp³-hybridized carbons (Fsp3) is 0.345. The molecule has 0 radical (unpaired) electrons. The third kappa shape index (κ3) is 5.15. The number of ketones is 1. The lowest BCUT2D eigenvalue weighted by Gasteiger charge is -2.37. The van der Waals surface area contributed by atoms with Crippen molar-refractivity contribution in [2.45, 2.75) is 46.0 Å². The second kappa shape index (κ2) is 9.54. The molecule has 1 aromatic heterocycles. The first-order valence-corrected chi connectivity index (χ1v) is 14.3. The first kappa shape index (κ1) is 27.3. The van der Waals surface area contributed by atoms with Gasteiger partial charge in [-0.05, 0) is 55.0 Å². The van der Waals surface area contributed by atoms with Crippen LogP contribution in [0.1, 0.15) is 67.7 Å². The number of hydrogen-bond acceptors (Lipinski definition) is 6. The molecule has 4 rings (SSSR count). The van der Waals surface area contributed by atoms with E-state index in [-0.39, 0.29) is 39.5 Å². The van der Waals surface area contributed by atoms with E-state index in [2.05, 4.69) is 35.8 Å². The SMILES string of the molecule is CNC(=O)c1cc(C2=C(O)c3ccccc3[C@@](C)(CCC(C)(C)C)C2=O)nc2ccc(NS(C)(=O)=O)cc12. The fourth-order valence-corrected chi connectivity index (χ4v) is 5.43. The second-order valence-electron chi connectivity index (χ2n) is 11.2. The van der Waals surface area contributed by atoms with Gasteiger partial charge in [-0.25, -0.2) is 13.4 Å². The number of fused-ring (bicyclic) bond motifs is 2. The van der Waals surface area contributed by atoms with Gasteiger partial charge in [0.2, 0.25) is 10.0 Å². The van der Waals surface area contributed by atoms with Gasteiger partial charge in [0.05, 0.1) is 34.0 Å². The van der Waals surface area contributed by atoms with E-state index in [1.807, 2.05) is 25.1 Å². The van der Waals surface area contributed by atoms with Crippen LogP contribution >= 0.6 is 0 Å². The van der Waals surface area contributed by atoms with Crippen molar-refractivity contribution in [2.24, 2.45) is 5.41 Å². The Hall–Kier alpha value is -3.72. The standard InChI is InChI=1S/C29H33N3O5S/c1-28(2,3)13-14-29(4)21-10-8-7-9-18(21)25(33)24(26(29)34)23-16-20(27(35)30-5)19-15-17(32-38(6,36)37)11-12-22(19)31-23/h7-12,15-16,32-33H,13-14H2,1-6H3,(H,30,35)/t29-/m1/s1. The lowest BCUT2D eigenvalue weighted by atomic mass is 9.65. The highest BCUT2D eigenvalue weighted by Gasteiger charge is 2.45. The molecule has 9 heteroatoms. The number of sulfonamides is 1. The van der Waals surface area contributed by atoms with Gasteiger partial charge in [0.15, 0.2) is 5.78 Å². The summed E-state index contributed by atoms with van der Waals surface area (Å²) in [6.45, 7) is 8.27. The van der Waals surface area contributed by atoms with E-state index in [0.29, 0.717) is 22.9 Å². The van der Waals surface area contributed by atoms with Gasteiger partial charge in [0.25, 0.3) is 5.91 Å². The van der Waals surface area contributed by atoms with Crippen molar-refractivity contribution < 1.29 is 23.1 Å². The maximum Gasteiger partial charge on any atom is 0.251 e. The summed E-state index contributed by atoms with van der Waals surface area (Å²) < 4.78 is 25.9. The summed E-state index contributed by atoms with van der Waals surface area (Å²) in [6.07, 6.45) is 2.39. The number of rotatable bonds is 6. The number of Topliss-reactive ketones (excluding diaryl/α,β-unsaturated/α-hetero) is 1. The number of pyridine rings is 1. The zero-order valence-electron chi connectivity index (χ0n) is 22.5. The van der Waals surface area contributed by atoms with E-state index in [1.54, 1.807) is 12.1 Å². The fourth-order valence-electron chi connectivity index (χ4n) is 4.88. The van der Waals surface area contributed by atoms with Crippen LogP contribution in [-0.2, 0) is 20.2 Å². The summed E-state index contributed by atoms with van der Waals surface area (Å²) in [5.74, 6) is -0.874. The smallest absolute Gasteiger partial charge is 0.251 e. The molecule has 0 fully saturated rings. The van der Waals surface area contributed by atoms with E-state index in [9.17, 15) is 23.1 Å². The number of carbonyl (C=O) groups excluding carboxylic acids is 2. The van der Waals surface area contributed by atoms with Gasteiger partial charge in [0.1, 0.15) is 5.76 Å². The van der Waals surface area contributed by atoms with Crippen LogP contribution in [0.4, 0.5) is 5.69 Å². The minimum atomic E-state index is -3.54. The molecular formula is C29H33N3O5S. The molecular weight excluding hydrogens is 502 g/mol. The zero-order chi connectivity index (χ0) is 28.0. The number of allylic oxidation sites excluding steroid dienone is 1. The van der Waals surface area contributed by atoms with Gasteiger partial charge in [0, 0.05) is 23.7 Å². The Morgan fingerprint density at radius 2 is 1.79 bits per heavy atom. The normalized spacial score (nSPS) is 17.9. The minimum absolute atomic E-state index is 0.00705. The first-order chi connectivity index (χ1) is 17.6. The van der Waals surface area contributed by atoms with E-state index in [0.717, 1.165) is 18.2 Å². The predicted octanol–water partition coefficient (Wildman–Crippen LogP) is 5.06. The molecule has 0 unspecified atom stereocenters. The Kier molecular flexibility index (Phi) is 6.86. The monoisotopic (exact) mass is 535 g/mol. The van der Waals surface area contributed by atoms with Crippen LogP contribution in [0.5, 0.6) is 0 Å². The Morgan fingerprint density at radius 3 is 2.42 bits per heavy atom. The van der Waals surface area contributed by atoms with Gasteiger partial charge < -0.3 is 10.4 Å². The predicted molar refractivity (Wildman–Crippen MR) is 151 cm³/mol. The van der Waals surface area contributed by atoms with Crippen LogP contribution in [-0.4, -0.2) is 43.5 Å². The van der Waals surface area contributed by atoms with E-state index >= 15 is 0 Å². The third-order valence-corrected chi connectivity index (χ3v) is 7.56. The maximum atomic E-state index is 14.2. The number of aromatic nitrogens is 1. The molecule has 0 aliphatic heterocycles. The third-order valence-electron chi connectivity index (χ3n) is 6.96. The second-order valence-corrected chi connectivity index (χ2v) is 13.0. The molecule has 3 N–H and O–H groups in total. The number of aliphatic hydroxyl groups excluding tert-OH is 1. The highest BCUT2D eigenvalue weighted by Crippen LogP contribution is 2.46. The Bertz CT molecular complexity index is 1600. The van der Waals surface area contributed by atoms with Crippen molar-refractivity contribution in [1.82, 2.24) is 10.3 Å². The molecule has 8 nitrogen and oxygen atoms in total. The van der Waals surface area contributed by atoms with Crippen LogP contribution in [0.2, 0.25) is 0 Å². The number of aliphatic hydroxyl groups is 1. The largest absolute Gasteiger partial charge is 0.506 e. The van der Waals surface area contributed by atoms with Gasteiger partial charge in [-0.1, -0.05) is 45.0 Å². The highest BCUT2D eigenvalue weighted by atomic mass is 32.2. The van der Waals surface area contributed by atoms with Crippen molar-refractivity contribution in [3.8, 4) is 0 Å². The topological polar surface area (TPSA) is 125 Å². The van der Waals surface area contributed by atoms with E-state index in [4.69, 9.17) is 0 Å². The summed E-state index contributed by atoms with van der Waals surface area (Å²) in [7, 11) is -2.06. The van der Waals surface area contributed by atoms with Crippen LogP contribution in [0, 0.1) is 5.41 Å². The number of anilines is 1. The van der Waals surface area contributed by atoms with Gasteiger partial charge in [-0.15, -0.1) is 0 Å². The average molecular weight is 536 g/mol. The zero-order valence-corrected chi connectivity index (χ0v) is 23.3. The molecule has 3 aromatic rings. The maximum absolute atomic E-state index is 14.2. The molecule has 0 bridgehead atoms. The molecule has 1 aliphatic carbocycles. The van der Waals surface area contributed by atoms with Crippen molar-refractivity contribution in [1.29, 1.82) is 0 Å². The summed E-state index contributed by atoms with van der Waals surface area (Å²) in [6, 6.07) is 13.5. The number of nitrogens with zero attached hydrogens (tertiary/aromatic N) is 1. The molecule has 0 spiro atoms. The average Bonchev–Trinajstić information content (AvgIpc) is 2.84. The molecule has 0 saturated carbocycles. The Morgan fingerprint density at radius 1 is 1.11 bits per heavy atom. The molecule has 1 aliphatic rings. The van der Waals surface area contributed by atoms with Gasteiger partial charge >= 0.3 is 0 Å². The molecule has 38 heavy (non-hydrogen) atoms. The Balaban J connectivity index is 1.95. The van der Waals surface area contributed by atoms with Crippen LogP contribution in [0.3, 0.4) is 0 Å². The molecule has 1 heterocycles. The van der Waals surface area contributed by atoms with E-state index < -0.39 is 21.3 Å². The molecule has 2 aromatic carbocycles. The van der Waals surface area contributed by atoms with E-state index in [1.165, 1.54) is 25.2 Å². The minimum Gasteiger partial charge on any atom is -0.506 e. The summed E-state index contributed by atoms with van der Waals surface area (Å²) in [4.78, 5) is 31.8. The summed E-state index contributed by atoms with van der Waals surface area (Å²) >= 11 is 0. The number of hydrogen-bond donors (Lipinski definition) is 3. The lowest BCUT2D eigenvalue weighted by molar-refractivity contribution is -0.119. The highest BCUT2D eigenvalue weighted by molar-refractivity contribution is 7.92. The number of amides is 1. The van der Waals surface area contributed by atoms with Crippen LogP contribution < -0.4 is 10.0 Å². The van der Waals surface area contributed by atoms with Crippen molar-refractivity contribution in [3.05, 3.63) is 70.9 Å². The van der Waals surface area contributed by atoms with Crippen molar-refractivity contribution in [2.75, 3.05) is 18.0 Å². The van der Waals surface area contributed by atoms with Crippen LogP contribution in [0.15, 0.2) is 48.5 Å². The number of benzene rings is 2. The summed E-state index contributed by atoms with van der Waals surface area (Å²) in [5.41, 5.74) is 1.51. The Labute approximate surface area is 223 Å². The van der Waals surface area contributed by atoms with Gasteiger partial charge in [-0.2, -0.15) is 0 Å². The summed E-state index contributed by atoms with van der Waals surface area (Å²) in [5, 5.41) is 14.4. The lowest BCUT2D eigenvalue weighted by Crippen LogP contribution is -2.38. The van der Waals surface area contributed by atoms with Crippen LogP contribution in [0.25, 0.3) is 22.2 Å². The first-order valence-electron chi connectivity index (χ1n) is 12.4. The number of nitrogens with one attached hydrogen (secondary N) is 2. The van der Waals surface area contributed by atoms with Crippen molar-refractivity contribution in [3.63, 3.8) is 0 Å². The molecule has 1 atom stereocenters. The quantitative estimate of drug-likeness (QED) is 0.405. The molecule has 200 valence electrons. The number of carbonyl (C=O) groups is 2. The molecule has 1 amide bonds. The van der Waals surface area contributed by atoms with Crippen molar-refractivity contribution >= 4 is 49.6 Å².